The van der Waals surface area contributed by atoms with Crippen LogP contribution in [-0.4, -0.2) is 23.9 Å². The van der Waals surface area contributed by atoms with E-state index in [4.69, 9.17) is 27.9 Å². The Kier molecular flexibility index (Phi) is 6.91. The van der Waals surface area contributed by atoms with Gasteiger partial charge >= 0.3 is 0 Å². The minimum absolute atomic E-state index is 0.0241. The first-order valence-corrected chi connectivity index (χ1v) is 12.2. The smallest absolute Gasteiger partial charge is 0.300 e. The maximum absolute atomic E-state index is 13.4. The molecule has 1 heterocycles. The largest absolute Gasteiger partial charge is 0.507 e. The molecule has 0 spiro atoms. The summed E-state index contributed by atoms with van der Waals surface area (Å²) in [5.41, 5.74) is 3.04. The van der Waals surface area contributed by atoms with Crippen molar-refractivity contribution in [1.82, 2.24) is 0 Å². The van der Waals surface area contributed by atoms with Gasteiger partial charge in [0.15, 0.2) is 0 Å². The highest BCUT2D eigenvalue weighted by Crippen LogP contribution is 2.44. The van der Waals surface area contributed by atoms with Crippen LogP contribution in [0.5, 0.6) is 5.75 Å². The van der Waals surface area contributed by atoms with Crippen molar-refractivity contribution in [3.63, 3.8) is 0 Å². The number of benzene rings is 3. The highest BCUT2D eigenvalue weighted by atomic mass is 35.5. The second-order valence-corrected chi connectivity index (χ2v) is 10.7. The Hall–Kier alpha value is -3.28. The maximum atomic E-state index is 13.4. The quantitative estimate of drug-likeness (QED) is 0.222. The second kappa shape index (κ2) is 9.64. The van der Waals surface area contributed by atoms with Crippen molar-refractivity contribution in [3.05, 3.63) is 98.5 Å². The number of rotatable bonds is 4. The van der Waals surface area contributed by atoms with Crippen molar-refractivity contribution in [3.8, 4) is 5.75 Å². The molecule has 0 aromatic heterocycles. The van der Waals surface area contributed by atoms with E-state index in [-0.39, 0.29) is 21.8 Å². The number of carbonyl (C=O) groups is 2. The van der Waals surface area contributed by atoms with Gasteiger partial charge in [-0.2, -0.15) is 0 Å². The summed E-state index contributed by atoms with van der Waals surface area (Å²) in [6.45, 7) is 8.02. The Morgan fingerprint density at radius 1 is 0.944 bits per heavy atom. The zero-order valence-electron chi connectivity index (χ0n) is 20.7. The molecular formula is C29H27Cl2NO4. The average molecular weight is 524 g/mol. The van der Waals surface area contributed by atoms with Crippen LogP contribution in [0.3, 0.4) is 0 Å². The Morgan fingerprint density at radius 3 is 2.19 bits per heavy atom. The molecule has 0 radical (unpaired) electrons. The molecular weight excluding hydrogens is 497 g/mol. The molecule has 5 nitrogen and oxygen atoms in total. The van der Waals surface area contributed by atoms with E-state index in [2.05, 4.69) is 0 Å². The van der Waals surface area contributed by atoms with Crippen LogP contribution in [0.1, 0.15) is 49.1 Å². The predicted molar refractivity (Wildman–Crippen MR) is 144 cm³/mol. The van der Waals surface area contributed by atoms with Gasteiger partial charge in [0.25, 0.3) is 11.7 Å². The summed E-state index contributed by atoms with van der Waals surface area (Å²) in [5.74, 6) is -1.12. The number of aliphatic hydroxyl groups excluding tert-OH is 1. The molecule has 1 unspecified atom stereocenters. The highest BCUT2D eigenvalue weighted by Gasteiger charge is 2.47. The van der Waals surface area contributed by atoms with E-state index >= 15 is 0 Å². The number of amides is 1. The monoisotopic (exact) mass is 523 g/mol. The minimum Gasteiger partial charge on any atom is -0.507 e. The van der Waals surface area contributed by atoms with Crippen molar-refractivity contribution in [2.45, 2.75) is 39.2 Å². The molecule has 1 N–H and O–H groups in total. The van der Waals surface area contributed by atoms with E-state index in [1.165, 1.54) is 4.90 Å². The van der Waals surface area contributed by atoms with Crippen molar-refractivity contribution in [2.24, 2.45) is 0 Å². The first-order valence-electron chi connectivity index (χ1n) is 11.5. The van der Waals surface area contributed by atoms with Gasteiger partial charge in [-0.3, -0.25) is 14.5 Å². The second-order valence-electron chi connectivity index (χ2n) is 9.84. The summed E-state index contributed by atoms with van der Waals surface area (Å²) in [5, 5.41) is 12.1. The lowest BCUT2D eigenvalue weighted by Crippen LogP contribution is -2.29. The first-order chi connectivity index (χ1) is 16.9. The Morgan fingerprint density at radius 2 is 1.61 bits per heavy atom. The number of ether oxygens (including phenoxy) is 1. The van der Waals surface area contributed by atoms with Crippen molar-refractivity contribution in [1.29, 1.82) is 0 Å². The zero-order chi connectivity index (χ0) is 26.4. The standard InChI is InChI=1S/C29H27Cl2NO4/c1-16-6-10-19(11-7-16)32-25(17-8-12-21(30)22(31)15-17)24(27(34)28(32)35)26(33)18-9-13-23(36-5)20(14-18)29(2,3)4/h6-15,25,33H,1-5H3/b26-24-. The topological polar surface area (TPSA) is 66.8 Å². The van der Waals surface area contributed by atoms with Gasteiger partial charge in [-0.05, 0) is 60.4 Å². The van der Waals surface area contributed by atoms with Gasteiger partial charge in [-0.15, -0.1) is 0 Å². The molecule has 1 atom stereocenters. The van der Waals surface area contributed by atoms with Crippen LogP contribution in [0.25, 0.3) is 5.76 Å². The predicted octanol–water partition coefficient (Wildman–Crippen LogP) is 7.23. The number of nitrogens with zero attached hydrogens (tertiary/aromatic N) is 1. The molecule has 1 aliphatic heterocycles. The van der Waals surface area contributed by atoms with Gasteiger partial charge in [-0.1, -0.05) is 67.7 Å². The fraction of sp³-hybridized carbons (Fsp3) is 0.241. The Labute approximate surface area is 220 Å². The van der Waals surface area contributed by atoms with E-state index in [1.54, 1.807) is 55.6 Å². The van der Waals surface area contributed by atoms with E-state index < -0.39 is 17.7 Å². The summed E-state index contributed by atoms with van der Waals surface area (Å²) in [7, 11) is 1.58. The summed E-state index contributed by atoms with van der Waals surface area (Å²) in [6.07, 6.45) is 0. The van der Waals surface area contributed by atoms with Crippen LogP contribution >= 0.6 is 23.2 Å². The number of ketones is 1. The number of carbonyl (C=O) groups excluding carboxylic acids is 2. The molecule has 3 aromatic rings. The van der Waals surface area contributed by atoms with E-state index in [9.17, 15) is 14.7 Å². The zero-order valence-corrected chi connectivity index (χ0v) is 22.2. The molecule has 1 saturated heterocycles. The summed E-state index contributed by atoms with van der Waals surface area (Å²) < 4.78 is 5.52. The molecule has 0 saturated carbocycles. The number of aryl methyl sites for hydroxylation is 1. The highest BCUT2D eigenvalue weighted by molar-refractivity contribution is 6.51. The van der Waals surface area contributed by atoms with Crippen LogP contribution in [0.4, 0.5) is 5.69 Å². The third kappa shape index (κ3) is 4.61. The molecule has 186 valence electrons. The minimum atomic E-state index is -0.900. The SMILES string of the molecule is COc1ccc(/C(O)=C2/C(=O)C(=O)N(c3ccc(C)cc3)C2c2ccc(Cl)c(Cl)c2)cc1C(C)(C)C. The van der Waals surface area contributed by atoms with Gasteiger partial charge in [-0.25, -0.2) is 0 Å². The Bertz CT molecular complexity index is 1390. The van der Waals surface area contributed by atoms with Gasteiger partial charge in [0, 0.05) is 16.8 Å². The lowest BCUT2D eigenvalue weighted by Gasteiger charge is -2.26. The van der Waals surface area contributed by atoms with Crippen LogP contribution in [0, 0.1) is 6.92 Å². The number of methoxy groups -OCH3 is 1. The lowest BCUT2D eigenvalue weighted by atomic mass is 9.84. The number of hydrogen-bond acceptors (Lipinski definition) is 4. The van der Waals surface area contributed by atoms with Gasteiger partial charge in [0.05, 0.1) is 28.8 Å². The van der Waals surface area contributed by atoms with Crippen molar-refractivity contribution in [2.75, 3.05) is 12.0 Å². The molecule has 1 aliphatic rings. The van der Waals surface area contributed by atoms with Crippen LogP contribution in [-0.2, 0) is 15.0 Å². The molecule has 0 aliphatic carbocycles. The molecule has 36 heavy (non-hydrogen) atoms. The van der Waals surface area contributed by atoms with Crippen LogP contribution in [0.2, 0.25) is 10.0 Å². The number of Topliss-reactive ketones (excluding diaryl/α,β-unsaturated/α-hetero) is 1. The fourth-order valence-electron chi connectivity index (χ4n) is 4.40. The van der Waals surface area contributed by atoms with Gasteiger partial charge < -0.3 is 9.84 Å². The number of halogens is 2. The molecule has 3 aromatic carbocycles. The van der Waals surface area contributed by atoms with Crippen molar-refractivity contribution < 1.29 is 19.4 Å². The molecule has 4 rings (SSSR count). The maximum Gasteiger partial charge on any atom is 0.300 e. The third-order valence-electron chi connectivity index (χ3n) is 6.30. The molecule has 0 bridgehead atoms. The number of anilines is 1. The van der Waals surface area contributed by atoms with Crippen LogP contribution < -0.4 is 9.64 Å². The third-order valence-corrected chi connectivity index (χ3v) is 7.04. The Balaban J connectivity index is 1.97. The van der Waals surface area contributed by atoms with Crippen molar-refractivity contribution >= 4 is 46.3 Å². The van der Waals surface area contributed by atoms with E-state index in [1.807, 2.05) is 39.8 Å². The molecule has 1 fully saturated rings. The fourth-order valence-corrected chi connectivity index (χ4v) is 4.71. The summed E-state index contributed by atoms with van der Waals surface area (Å²) in [4.78, 5) is 28.2. The lowest BCUT2D eigenvalue weighted by molar-refractivity contribution is -0.132. The summed E-state index contributed by atoms with van der Waals surface area (Å²) >= 11 is 12.5. The number of hydrogen-bond donors (Lipinski definition) is 1. The van der Waals surface area contributed by atoms with E-state index in [0.717, 1.165) is 11.1 Å². The van der Waals surface area contributed by atoms with Gasteiger partial charge in [0.2, 0.25) is 0 Å². The van der Waals surface area contributed by atoms with Gasteiger partial charge in [0.1, 0.15) is 11.5 Å². The molecule has 7 heteroatoms. The first kappa shape index (κ1) is 25.8. The van der Waals surface area contributed by atoms with E-state index in [0.29, 0.717) is 27.6 Å². The normalized spacial score (nSPS) is 17.5. The average Bonchev–Trinajstić information content (AvgIpc) is 3.10. The number of aliphatic hydroxyl groups is 1. The summed E-state index contributed by atoms with van der Waals surface area (Å²) in [6, 6.07) is 16.5. The van der Waals surface area contributed by atoms with Crippen LogP contribution in [0.15, 0.2) is 66.2 Å². The molecule has 1 amide bonds.